The molecule has 0 spiro atoms. The average molecular weight is 417 g/mol. The lowest BCUT2D eigenvalue weighted by Crippen LogP contribution is -2.40. The van der Waals surface area contributed by atoms with Crippen LogP contribution in [0.5, 0.6) is 5.75 Å². The number of hydrogen-bond acceptors (Lipinski definition) is 3. The van der Waals surface area contributed by atoms with Crippen LogP contribution in [-0.4, -0.2) is 31.0 Å². The van der Waals surface area contributed by atoms with Gasteiger partial charge in [-0.2, -0.15) is 0 Å². The largest absolute Gasteiger partial charge is 0.480 e. The lowest BCUT2D eigenvalue weighted by molar-refractivity contribution is -0.127. The van der Waals surface area contributed by atoms with Crippen LogP contribution >= 0.6 is 15.9 Å². The van der Waals surface area contributed by atoms with E-state index >= 15 is 0 Å². The van der Waals surface area contributed by atoms with Crippen LogP contribution in [0.4, 0.5) is 0 Å². The van der Waals surface area contributed by atoms with E-state index in [1.807, 2.05) is 43.3 Å². The van der Waals surface area contributed by atoms with E-state index in [2.05, 4.69) is 26.6 Å². The monoisotopic (exact) mass is 416 g/mol. The molecule has 136 valence electrons. The number of nitrogens with one attached hydrogen (secondary N) is 2. The lowest BCUT2D eigenvalue weighted by Gasteiger charge is -2.15. The summed E-state index contributed by atoms with van der Waals surface area (Å²) in [7, 11) is 0. The van der Waals surface area contributed by atoms with Gasteiger partial charge in [-0.25, -0.2) is 0 Å². The first-order valence-corrected chi connectivity index (χ1v) is 9.42. The van der Waals surface area contributed by atoms with Gasteiger partial charge in [-0.05, 0) is 36.8 Å². The van der Waals surface area contributed by atoms with Gasteiger partial charge in [-0.15, -0.1) is 0 Å². The number of ether oxygens (including phenoxy) is 1. The molecule has 5 nitrogen and oxygen atoms in total. The normalized spacial score (nSPS) is 17.9. The number of rotatable bonds is 6. The third kappa shape index (κ3) is 4.25. The molecule has 0 saturated carbocycles. The molecule has 2 amide bonds. The standard InChI is InChI=1S/C20H21BrN2O3/c1-13-16-5-2-3-6-17(16)26-18(13)20(25)23-12-4-11-22-19(24)14-7-9-15(21)10-8-14/h2-3,5-10,13,18H,4,11-12H2,1H3,(H,22,24)(H,23,25). The van der Waals surface area contributed by atoms with Gasteiger partial charge < -0.3 is 15.4 Å². The van der Waals surface area contributed by atoms with Gasteiger partial charge in [-0.3, -0.25) is 9.59 Å². The number of benzene rings is 2. The zero-order chi connectivity index (χ0) is 18.5. The summed E-state index contributed by atoms with van der Waals surface area (Å²) in [6, 6.07) is 14.9. The van der Waals surface area contributed by atoms with E-state index in [0.717, 1.165) is 15.8 Å². The molecule has 2 aromatic carbocycles. The summed E-state index contributed by atoms with van der Waals surface area (Å²) in [6.07, 6.45) is 0.159. The van der Waals surface area contributed by atoms with Crippen LogP contribution in [0, 0.1) is 0 Å². The molecule has 1 aliphatic rings. The Hall–Kier alpha value is -2.34. The third-order valence-electron chi connectivity index (χ3n) is 4.42. The highest BCUT2D eigenvalue weighted by molar-refractivity contribution is 9.10. The Morgan fingerprint density at radius 2 is 1.73 bits per heavy atom. The van der Waals surface area contributed by atoms with Crippen molar-refractivity contribution in [2.24, 2.45) is 0 Å². The second kappa shape index (κ2) is 8.36. The van der Waals surface area contributed by atoms with Crippen molar-refractivity contribution in [1.29, 1.82) is 0 Å². The molecule has 0 bridgehead atoms. The van der Waals surface area contributed by atoms with Crippen molar-refractivity contribution in [2.75, 3.05) is 13.1 Å². The van der Waals surface area contributed by atoms with Crippen molar-refractivity contribution >= 4 is 27.7 Å². The van der Waals surface area contributed by atoms with E-state index < -0.39 is 6.10 Å². The van der Waals surface area contributed by atoms with E-state index in [1.165, 1.54) is 0 Å². The molecule has 0 radical (unpaired) electrons. The Morgan fingerprint density at radius 3 is 2.46 bits per heavy atom. The minimum Gasteiger partial charge on any atom is -0.480 e. The molecule has 0 saturated heterocycles. The maximum atomic E-state index is 12.3. The van der Waals surface area contributed by atoms with Crippen molar-refractivity contribution in [2.45, 2.75) is 25.4 Å². The highest BCUT2D eigenvalue weighted by Crippen LogP contribution is 2.37. The van der Waals surface area contributed by atoms with Gasteiger partial charge in [-0.1, -0.05) is 41.1 Å². The van der Waals surface area contributed by atoms with Gasteiger partial charge in [0.15, 0.2) is 6.10 Å². The number of fused-ring (bicyclic) bond motifs is 1. The van der Waals surface area contributed by atoms with Crippen LogP contribution in [0.15, 0.2) is 53.0 Å². The van der Waals surface area contributed by atoms with Crippen LogP contribution < -0.4 is 15.4 Å². The molecule has 0 aromatic heterocycles. The maximum absolute atomic E-state index is 12.3. The Kier molecular flexibility index (Phi) is 5.93. The molecule has 3 rings (SSSR count). The molecule has 1 aliphatic heterocycles. The highest BCUT2D eigenvalue weighted by Gasteiger charge is 2.35. The molecule has 26 heavy (non-hydrogen) atoms. The number of carbonyl (C=O) groups excluding carboxylic acids is 2. The predicted molar refractivity (Wildman–Crippen MR) is 103 cm³/mol. The molecule has 1 heterocycles. The fourth-order valence-corrected chi connectivity index (χ4v) is 3.22. The Bertz CT molecular complexity index is 792. The zero-order valence-electron chi connectivity index (χ0n) is 14.5. The zero-order valence-corrected chi connectivity index (χ0v) is 16.1. The summed E-state index contributed by atoms with van der Waals surface area (Å²) in [5, 5.41) is 5.74. The molecule has 0 aliphatic carbocycles. The van der Waals surface area contributed by atoms with Gasteiger partial charge in [0.1, 0.15) is 5.75 Å². The van der Waals surface area contributed by atoms with Gasteiger partial charge in [0.25, 0.3) is 11.8 Å². The summed E-state index contributed by atoms with van der Waals surface area (Å²) in [5.41, 5.74) is 1.68. The molecule has 2 atom stereocenters. The fraction of sp³-hybridized carbons (Fsp3) is 0.300. The SMILES string of the molecule is CC1c2ccccc2OC1C(=O)NCCCNC(=O)c1ccc(Br)cc1. The summed E-state index contributed by atoms with van der Waals surface area (Å²) in [6.45, 7) is 2.98. The average Bonchev–Trinajstić information content (AvgIpc) is 2.99. The molecule has 2 unspecified atom stereocenters. The Morgan fingerprint density at radius 1 is 1.04 bits per heavy atom. The van der Waals surface area contributed by atoms with E-state index in [1.54, 1.807) is 12.1 Å². The predicted octanol–water partition coefficient (Wildman–Crippen LogP) is 3.25. The Labute approximate surface area is 161 Å². The molecular formula is C20H21BrN2O3. The third-order valence-corrected chi connectivity index (χ3v) is 4.95. The van der Waals surface area contributed by atoms with Crippen LogP contribution in [0.25, 0.3) is 0 Å². The summed E-state index contributed by atoms with van der Waals surface area (Å²) in [4.78, 5) is 24.3. The van der Waals surface area contributed by atoms with Crippen LogP contribution in [0.3, 0.4) is 0 Å². The van der Waals surface area contributed by atoms with E-state index in [-0.39, 0.29) is 17.7 Å². The molecular weight excluding hydrogens is 396 g/mol. The Balaban J connectivity index is 1.38. The quantitative estimate of drug-likeness (QED) is 0.710. The number of hydrogen-bond donors (Lipinski definition) is 2. The smallest absolute Gasteiger partial charge is 0.261 e. The first-order chi connectivity index (χ1) is 12.6. The van der Waals surface area contributed by atoms with E-state index in [9.17, 15) is 9.59 Å². The molecule has 2 aromatic rings. The number of carbonyl (C=O) groups is 2. The second-order valence-electron chi connectivity index (χ2n) is 6.27. The fourth-order valence-electron chi connectivity index (χ4n) is 2.95. The van der Waals surface area contributed by atoms with Crippen molar-refractivity contribution in [1.82, 2.24) is 10.6 Å². The molecule has 2 N–H and O–H groups in total. The van der Waals surface area contributed by atoms with Crippen molar-refractivity contribution in [3.8, 4) is 5.75 Å². The molecule has 6 heteroatoms. The maximum Gasteiger partial charge on any atom is 0.261 e. The van der Waals surface area contributed by atoms with Crippen molar-refractivity contribution < 1.29 is 14.3 Å². The van der Waals surface area contributed by atoms with Crippen LogP contribution in [0.1, 0.15) is 35.2 Å². The minimum absolute atomic E-state index is 0.0308. The summed E-state index contributed by atoms with van der Waals surface area (Å²) >= 11 is 3.34. The van der Waals surface area contributed by atoms with Crippen LogP contribution in [-0.2, 0) is 4.79 Å². The molecule has 0 fully saturated rings. The summed E-state index contributed by atoms with van der Waals surface area (Å²) < 4.78 is 6.69. The lowest BCUT2D eigenvalue weighted by atomic mass is 9.97. The number of amides is 2. The minimum atomic E-state index is -0.496. The van der Waals surface area contributed by atoms with Gasteiger partial charge >= 0.3 is 0 Å². The van der Waals surface area contributed by atoms with Crippen LogP contribution in [0.2, 0.25) is 0 Å². The summed E-state index contributed by atoms with van der Waals surface area (Å²) in [5.74, 6) is 0.574. The van der Waals surface area contributed by atoms with Crippen molar-refractivity contribution in [3.05, 3.63) is 64.1 Å². The van der Waals surface area contributed by atoms with E-state index in [0.29, 0.717) is 25.1 Å². The van der Waals surface area contributed by atoms with E-state index in [4.69, 9.17) is 4.74 Å². The van der Waals surface area contributed by atoms with Gasteiger partial charge in [0.05, 0.1) is 0 Å². The first-order valence-electron chi connectivity index (χ1n) is 8.63. The topological polar surface area (TPSA) is 67.4 Å². The van der Waals surface area contributed by atoms with Gasteiger partial charge in [0, 0.05) is 34.6 Å². The number of halogens is 1. The first kappa shape index (κ1) is 18.5. The van der Waals surface area contributed by atoms with Gasteiger partial charge in [0.2, 0.25) is 0 Å². The second-order valence-corrected chi connectivity index (χ2v) is 7.19. The van der Waals surface area contributed by atoms with Crippen molar-refractivity contribution in [3.63, 3.8) is 0 Å². The number of para-hydroxylation sites is 1. The highest BCUT2D eigenvalue weighted by atomic mass is 79.9.